The lowest BCUT2D eigenvalue weighted by molar-refractivity contribution is -0.122. The number of aryl methyl sites for hydroxylation is 1. The fourth-order valence-corrected chi connectivity index (χ4v) is 3.03. The summed E-state index contributed by atoms with van der Waals surface area (Å²) >= 11 is 0. The zero-order valence-electron chi connectivity index (χ0n) is 11.3. The number of hydrogen-bond acceptors (Lipinski definition) is 3. The van der Waals surface area contributed by atoms with Gasteiger partial charge in [0.1, 0.15) is 0 Å². The van der Waals surface area contributed by atoms with Crippen LogP contribution in [0.25, 0.3) is 0 Å². The molecule has 1 aromatic rings. The van der Waals surface area contributed by atoms with E-state index in [1.165, 1.54) is 5.56 Å². The van der Waals surface area contributed by atoms with Crippen LogP contribution in [0.2, 0.25) is 0 Å². The minimum absolute atomic E-state index is 0.00220. The van der Waals surface area contributed by atoms with E-state index in [1.807, 2.05) is 30.0 Å². The Balaban J connectivity index is 1.86. The molecule has 1 fully saturated rings. The third-order valence-electron chi connectivity index (χ3n) is 4.04. The summed E-state index contributed by atoms with van der Waals surface area (Å²) in [5.41, 5.74) is 8.79. The number of carbonyl (C=O) groups excluding carboxylic acids is 1. The zero-order chi connectivity index (χ0) is 13.4. The van der Waals surface area contributed by atoms with E-state index in [4.69, 9.17) is 10.5 Å². The number of rotatable bonds is 1. The van der Waals surface area contributed by atoms with Gasteiger partial charge in [0.15, 0.2) is 0 Å². The fourth-order valence-electron chi connectivity index (χ4n) is 3.03. The molecule has 2 heterocycles. The minimum Gasteiger partial charge on any atom is -0.399 e. The Kier molecular flexibility index (Phi) is 3.19. The molecule has 2 N–H and O–H groups in total. The maximum Gasteiger partial charge on any atom is 0.232 e. The SMILES string of the molecule is CC1CC(C(=O)N2CCCc3ccc(N)cc32)CO1. The van der Waals surface area contributed by atoms with Crippen LogP contribution in [-0.2, 0) is 16.0 Å². The second kappa shape index (κ2) is 4.85. The average Bonchev–Trinajstić information content (AvgIpc) is 2.84. The first kappa shape index (κ1) is 12.5. The summed E-state index contributed by atoms with van der Waals surface area (Å²) in [6, 6.07) is 5.87. The predicted octanol–water partition coefficient (Wildman–Crippen LogP) is 1.97. The molecule has 0 aliphatic carbocycles. The first-order chi connectivity index (χ1) is 9.15. The van der Waals surface area contributed by atoms with E-state index in [1.54, 1.807) is 0 Å². The van der Waals surface area contributed by atoms with Gasteiger partial charge in [0.2, 0.25) is 5.91 Å². The second-order valence-electron chi connectivity index (χ2n) is 5.56. The van der Waals surface area contributed by atoms with E-state index in [-0.39, 0.29) is 17.9 Å². The van der Waals surface area contributed by atoms with Crippen molar-refractivity contribution in [3.63, 3.8) is 0 Å². The number of benzene rings is 1. The summed E-state index contributed by atoms with van der Waals surface area (Å²) in [6.07, 6.45) is 3.06. The standard InChI is InChI=1S/C15H20N2O2/c1-10-7-12(9-19-10)15(18)17-6-2-3-11-4-5-13(16)8-14(11)17/h4-5,8,10,12H,2-3,6-7,9,16H2,1H3. The van der Waals surface area contributed by atoms with Gasteiger partial charge in [0.25, 0.3) is 0 Å². The molecule has 2 atom stereocenters. The van der Waals surface area contributed by atoms with Gasteiger partial charge < -0.3 is 15.4 Å². The number of fused-ring (bicyclic) bond motifs is 1. The van der Waals surface area contributed by atoms with Gasteiger partial charge in [-0.2, -0.15) is 0 Å². The van der Waals surface area contributed by atoms with Crippen LogP contribution in [0.3, 0.4) is 0 Å². The molecule has 2 unspecified atom stereocenters. The van der Waals surface area contributed by atoms with Gasteiger partial charge >= 0.3 is 0 Å². The summed E-state index contributed by atoms with van der Waals surface area (Å²) in [5.74, 6) is 0.193. The molecule has 0 saturated carbocycles. The molecular weight excluding hydrogens is 240 g/mol. The largest absolute Gasteiger partial charge is 0.399 e. The summed E-state index contributed by atoms with van der Waals surface area (Å²) in [4.78, 5) is 14.5. The van der Waals surface area contributed by atoms with Gasteiger partial charge in [-0.05, 0) is 43.9 Å². The molecule has 0 bridgehead atoms. The van der Waals surface area contributed by atoms with Crippen molar-refractivity contribution in [3.05, 3.63) is 23.8 Å². The van der Waals surface area contributed by atoms with Gasteiger partial charge in [-0.1, -0.05) is 6.07 Å². The highest BCUT2D eigenvalue weighted by atomic mass is 16.5. The second-order valence-corrected chi connectivity index (χ2v) is 5.56. The predicted molar refractivity (Wildman–Crippen MR) is 75.0 cm³/mol. The van der Waals surface area contributed by atoms with Crippen molar-refractivity contribution < 1.29 is 9.53 Å². The van der Waals surface area contributed by atoms with Crippen LogP contribution in [0.4, 0.5) is 11.4 Å². The van der Waals surface area contributed by atoms with Crippen molar-refractivity contribution in [1.82, 2.24) is 0 Å². The smallest absolute Gasteiger partial charge is 0.232 e. The Hall–Kier alpha value is -1.55. The van der Waals surface area contributed by atoms with Crippen LogP contribution in [-0.4, -0.2) is 25.2 Å². The molecular formula is C15H20N2O2. The lowest BCUT2D eigenvalue weighted by Crippen LogP contribution is -2.40. The van der Waals surface area contributed by atoms with Crippen molar-refractivity contribution >= 4 is 17.3 Å². The number of nitrogens with zero attached hydrogens (tertiary/aromatic N) is 1. The molecule has 0 radical (unpaired) electrons. The van der Waals surface area contributed by atoms with E-state index >= 15 is 0 Å². The maximum absolute atomic E-state index is 12.6. The Bertz CT molecular complexity index is 501. The minimum atomic E-state index is 0.00220. The third-order valence-corrected chi connectivity index (χ3v) is 4.04. The Morgan fingerprint density at radius 2 is 2.32 bits per heavy atom. The number of ether oxygens (including phenoxy) is 1. The van der Waals surface area contributed by atoms with Crippen LogP contribution in [0.5, 0.6) is 0 Å². The van der Waals surface area contributed by atoms with Crippen molar-refractivity contribution in [2.45, 2.75) is 32.3 Å². The van der Waals surface area contributed by atoms with Crippen LogP contribution >= 0.6 is 0 Å². The quantitative estimate of drug-likeness (QED) is 0.785. The molecule has 4 heteroatoms. The van der Waals surface area contributed by atoms with Gasteiger partial charge in [-0.3, -0.25) is 4.79 Å². The van der Waals surface area contributed by atoms with Crippen molar-refractivity contribution in [2.24, 2.45) is 5.92 Å². The topological polar surface area (TPSA) is 55.6 Å². The first-order valence-corrected chi connectivity index (χ1v) is 6.96. The van der Waals surface area contributed by atoms with Gasteiger partial charge in [0, 0.05) is 17.9 Å². The summed E-state index contributed by atoms with van der Waals surface area (Å²) < 4.78 is 5.52. The van der Waals surface area contributed by atoms with Crippen LogP contribution in [0.15, 0.2) is 18.2 Å². The summed E-state index contributed by atoms with van der Waals surface area (Å²) in [7, 11) is 0. The zero-order valence-corrected chi connectivity index (χ0v) is 11.3. The summed E-state index contributed by atoms with van der Waals surface area (Å²) in [6.45, 7) is 3.36. The molecule has 3 rings (SSSR count). The fraction of sp³-hybridized carbons (Fsp3) is 0.533. The first-order valence-electron chi connectivity index (χ1n) is 6.96. The molecule has 1 saturated heterocycles. The highest BCUT2D eigenvalue weighted by molar-refractivity contribution is 5.96. The van der Waals surface area contributed by atoms with E-state index < -0.39 is 0 Å². The van der Waals surface area contributed by atoms with Crippen LogP contribution < -0.4 is 10.6 Å². The normalized spacial score (nSPS) is 26.3. The molecule has 2 aliphatic rings. The molecule has 1 amide bonds. The van der Waals surface area contributed by atoms with Crippen LogP contribution in [0, 0.1) is 5.92 Å². The van der Waals surface area contributed by atoms with Gasteiger partial charge in [0.05, 0.1) is 18.6 Å². The van der Waals surface area contributed by atoms with Gasteiger partial charge in [-0.15, -0.1) is 0 Å². The van der Waals surface area contributed by atoms with Gasteiger partial charge in [-0.25, -0.2) is 0 Å². The van der Waals surface area contributed by atoms with E-state index in [0.29, 0.717) is 6.61 Å². The highest BCUT2D eigenvalue weighted by Crippen LogP contribution is 2.32. The van der Waals surface area contributed by atoms with E-state index in [9.17, 15) is 4.79 Å². The molecule has 2 aliphatic heterocycles. The highest BCUT2D eigenvalue weighted by Gasteiger charge is 2.33. The molecule has 0 spiro atoms. The Morgan fingerprint density at radius 1 is 1.47 bits per heavy atom. The monoisotopic (exact) mass is 260 g/mol. The number of hydrogen-bond donors (Lipinski definition) is 1. The van der Waals surface area contributed by atoms with E-state index in [0.717, 1.165) is 37.2 Å². The average molecular weight is 260 g/mol. The number of nitrogen functional groups attached to an aromatic ring is 1. The van der Waals surface area contributed by atoms with Crippen LogP contribution in [0.1, 0.15) is 25.3 Å². The number of carbonyl (C=O) groups is 1. The third kappa shape index (κ3) is 2.32. The maximum atomic E-state index is 12.6. The molecule has 0 aromatic heterocycles. The van der Waals surface area contributed by atoms with Crippen molar-refractivity contribution in [2.75, 3.05) is 23.8 Å². The molecule has 19 heavy (non-hydrogen) atoms. The van der Waals surface area contributed by atoms with Crippen molar-refractivity contribution in [1.29, 1.82) is 0 Å². The van der Waals surface area contributed by atoms with E-state index in [2.05, 4.69) is 0 Å². The molecule has 102 valence electrons. The Labute approximate surface area is 113 Å². The summed E-state index contributed by atoms with van der Waals surface area (Å²) in [5, 5.41) is 0. The molecule has 1 aromatic carbocycles. The number of nitrogens with two attached hydrogens (primary N) is 1. The lowest BCUT2D eigenvalue weighted by atomic mass is 9.98. The number of amides is 1. The van der Waals surface area contributed by atoms with Crippen molar-refractivity contribution in [3.8, 4) is 0 Å². The Morgan fingerprint density at radius 3 is 3.05 bits per heavy atom. The molecule has 4 nitrogen and oxygen atoms in total. The lowest BCUT2D eigenvalue weighted by Gasteiger charge is -2.31. The number of anilines is 2.